The van der Waals surface area contributed by atoms with Crippen LogP contribution in [0.4, 0.5) is 21.5 Å². The van der Waals surface area contributed by atoms with Crippen LogP contribution in [0.5, 0.6) is 5.75 Å². The van der Waals surface area contributed by atoms with Crippen LogP contribution in [0.2, 0.25) is 10.0 Å². The summed E-state index contributed by atoms with van der Waals surface area (Å²) in [7, 11) is 0. The predicted molar refractivity (Wildman–Crippen MR) is 86.3 cm³/mol. The molecule has 21 heavy (non-hydrogen) atoms. The molecule has 2 aromatic rings. The SMILES string of the molecule is CCCOc1cc(Nc2cc(Cl)cc(Cl)c2)c(N)cc1F. The van der Waals surface area contributed by atoms with Crippen LogP contribution in [-0.4, -0.2) is 6.61 Å². The molecule has 0 aliphatic carbocycles. The van der Waals surface area contributed by atoms with E-state index < -0.39 is 5.82 Å². The molecule has 0 aliphatic rings. The van der Waals surface area contributed by atoms with E-state index in [-0.39, 0.29) is 11.4 Å². The number of nitrogens with two attached hydrogens (primary N) is 1. The number of nitrogens with one attached hydrogen (secondary N) is 1. The van der Waals surface area contributed by atoms with E-state index in [0.29, 0.717) is 28.0 Å². The molecule has 0 radical (unpaired) electrons. The first kappa shape index (κ1) is 15.7. The highest BCUT2D eigenvalue weighted by Gasteiger charge is 2.10. The Hall–Kier alpha value is -1.65. The lowest BCUT2D eigenvalue weighted by molar-refractivity contribution is 0.301. The summed E-state index contributed by atoms with van der Waals surface area (Å²) in [6.45, 7) is 2.38. The Balaban J connectivity index is 2.30. The zero-order valence-electron chi connectivity index (χ0n) is 11.4. The number of anilines is 3. The molecule has 0 heterocycles. The Kier molecular flexibility index (Phi) is 5.15. The molecule has 0 fully saturated rings. The first-order chi connectivity index (χ1) is 9.99. The second-order valence-electron chi connectivity index (χ2n) is 4.50. The summed E-state index contributed by atoms with van der Waals surface area (Å²) < 4.78 is 19.1. The van der Waals surface area contributed by atoms with Crippen LogP contribution in [-0.2, 0) is 0 Å². The summed E-state index contributed by atoms with van der Waals surface area (Å²) in [4.78, 5) is 0. The van der Waals surface area contributed by atoms with Gasteiger partial charge in [0.2, 0.25) is 0 Å². The number of ether oxygens (including phenoxy) is 1. The molecule has 0 atom stereocenters. The van der Waals surface area contributed by atoms with Crippen LogP contribution in [0.15, 0.2) is 30.3 Å². The van der Waals surface area contributed by atoms with Gasteiger partial charge in [-0.15, -0.1) is 0 Å². The van der Waals surface area contributed by atoms with Gasteiger partial charge in [-0.25, -0.2) is 4.39 Å². The molecule has 112 valence electrons. The Morgan fingerprint density at radius 1 is 1.14 bits per heavy atom. The van der Waals surface area contributed by atoms with Gasteiger partial charge in [-0.3, -0.25) is 0 Å². The number of benzene rings is 2. The minimum absolute atomic E-state index is 0.154. The zero-order valence-corrected chi connectivity index (χ0v) is 12.9. The minimum atomic E-state index is -0.490. The van der Waals surface area contributed by atoms with E-state index in [0.717, 1.165) is 6.42 Å². The average molecular weight is 329 g/mol. The topological polar surface area (TPSA) is 47.3 Å². The molecule has 0 aromatic heterocycles. The molecule has 0 amide bonds. The molecule has 0 spiro atoms. The van der Waals surface area contributed by atoms with Gasteiger partial charge in [-0.2, -0.15) is 0 Å². The number of hydrogen-bond acceptors (Lipinski definition) is 3. The maximum atomic E-state index is 13.7. The third kappa shape index (κ3) is 4.16. The lowest BCUT2D eigenvalue weighted by atomic mass is 10.2. The van der Waals surface area contributed by atoms with Gasteiger partial charge in [0.05, 0.1) is 18.0 Å². The van der Waals surface area contributed by atoms with E-state index in [1.807, 2.05) is 6.92 Å². The zero-order chi connectivity index (χ0) is 15.4. The van der Waals surface area contributed by atoms with Crippen LogP contribution in [0.3, 0.4) is 0 Å². The van der Waals surface area contributed by atoms with Crippen molar-refractivity contribution in [2.45, 2.75) is 13.3 Å². The molecule has 0 saturated heterocycles. The van der Waals surface area contributed by atoms with E-state index in [4.69, 9.17) is 33.7 Å². The summed E-state index contributed by atoms with van der Waals surface area (Å²) in [6.07, 6.45) is 0.788. The quantitative estimate of drug-likeness (QED) is 0.737. The summed E-state index contributed by atoms with van der Waals surface area (Å²) in [5.74, 6) is -0.336. The van der Waals surface area contributed by atoms with Gasteiger partial charge in [0.15, 0.2) is 11.6 Å². The molecule has 0 unspecified atom stereocenters. The fourth-order valence-corrected chi connectivity index (χ4v) is 2.31. The first-order valence-corrected chi connectivity index (χ1v) is 7.20. The van der Waals surface area contributed by atoms with Crippen molar-refractivity contribution in [3.8, 4) is 5.75 Å². The van der Waals surface area contributed by atoms with Gasteiger partial charge < -0.3 is 15.8 Å². The van der Waals surface area contributed by atoms with E-state index in [1.165, 1.54) is 12.1 Å². The molecule has 3 nitrogen and oxygen atoms in total. The third-order valence-electron chi connectivity index (χ3n) is 2.71. The summed E-state index contributed by atoms with van der Waals surface area (Å²) in [6, 6.07) is 7.76. The van der Waals surface area contributed by atoms with Crippen molar-refractivity contribution in [2.24, 2.45) is 0 Å². The number of nitrogen functional groups attached to an aromatic ring is 1. The van der Waals surface area contributed by atoms with Crippen molar-refractivity contribution in [1.82, 2.24) is 0 Å². The highest BCUT2D eigenvalue weighted by Crippen LogP contribution is 2.32. The fourth-order valence-electron chi connectivity index (χ4n) is 1.78. The number of halogens is 3. The van der Waals surface area contributed by atoms with Gasteiger partial charge in [-0.1, -0.05) is 30.1 Å². The van der Waals surface area contributed by atoms with Gasteiger partial charge in [-0.05, 0) is 24.6 Å². The molecular weight excluding hydrogens is 314 g/mol. The molecule has 0 saturated carbocycles. The summed E-state index contributed by atoms with van der Waals surface area (Å²) in [5.41, 5.74) is 7.28. The number of hydrogen-bond donors (Lipinski definition) is 2. The number of rotatable bonds is 5. The van der Waals surface area contributed by atoms with Crippen molar-refractivity contribution >= 4 is 40.3 Å². The van der Waals surface area contributed by atoms with Gasteiger partial charge >= 0.3 is 0 Å². The molecule has 6 heteroatoms. The average Bonchev–Trinajstić information content (AvgIpc) is 2.39. The second-order valence-corrected chi connectivity index (χ2v) is 5.37. The van der Waals surface area contributed by atoms with Crippen molar-refractivity contribution in [3.05, 3.63) is 46.2 Å². The smallest absolute Gasteiger partial charge is 0.167 e. The van der Waals surface area contributed by atoms with Crippen LogP contribution < -0.4 is 15.8 Å². The third-order valence-corrected chi connectivity index (χ3v) is 3.14. The molecule has 2 rings (SSSR count). The lowest BCUT2D eigenvalue weighted by Gasteiger charge is -2.13. The Labute approximate surface area is 132 Å². The molecular formula is C15H15Cl2FN2O. The van der Waals surface area contributed by atoms with Gasteiger partial charge in [0.25, 0.3) is 0 Å². The Morgan fingerprint density at radius 2 is 1.81 bits per heavy atom. The summed E-state index contributed by atoms with van der Waals surface area (Å²) >= 11 is 11.9. The highest BCUT2D eigenvalue weighted by atomic mass is 35.5. The standard InChI is InChI=1S/C15H15Cl2FN2O/c1-2-3-21-15-8-14(13(19)7-12(15)18)20-11-5-9(16)4-10(17)6-11/h4-8,20H,2-3,19H2,1H3. The van der Waals surface area contributed by atoms with Gasteiger partial charge in [0.1, 0.15) is 0 Å². The maximum absolute atomic E-state index is 13.7. The van der Waals surface area contributed by atoms with E-state index >= 15 is 0 Å². The largest absolute Gasteiger partial charge is 0.490 e. The lowest BCUT2D eigenvalue weighted by Crippen LogP contribution is -2.02. The van der Waals surface area contributed by atoms with E-state index in [1.54, 1.807) is 18.2 Å². The van der Waals surface area contributed by atoms with Crippen LogP contribution in [0, 0.1) is 5.82 Å². The van der Waals surface area contributed by atoms with Gasteiger partial charge in [0, 0.05) is 27.9 Å². The van der Waals surface area contributed by atoms with Crippen molar-refractivity contribution < 1.29 is 9.13 Å². The van der Waals surface area contributed by atoms with Crippen LogP contribution in [0.1, 0.15) is 13.3 Å². The minimum Gasteiger partial charge on any atom is -0.490 e. The predicted octanol–water partition coefficient (Wildman–Crippen LogP) is 5.25. The van der Waals surface area contributed by atoms with Crippen molar-refractivity contribution in [2.75, 3.05) is 17.7 Å². The first-order valence-electron chi connectivity index (χ1n) is 6.44. The van der Waals surface area contributed by atoms with Crippen molar-refractivity contribution in [3.63, 3.8) is 0 Å². The van der Waals surface area contributed by atoms with E-state index in [2.05, 4.69) is 5.32 Å². The van der Waals surface area contributed by atoms with E-state index in [9.17, 15) is 4.39 Å². The Morgan fingerprint density at radius 3 is 2.43 bits per heavy atom. The Bertz CT molecular complexity index is 630. The monoisotopic (exact) mass is 328 g/mol. The maximum Gasteiger partial charge on any atom is 0.167 e. The van der Waals surface area contributed by atoms with Crippen LogP contribution in [0.25, 0.3) is 0 Å². The van der Waals surface area contributed by atoms with Crippen molar-refractivity contribution in [1.29, 1.82) is 0 Å². The normalized spacial score (nSPS) is 10.5. The molecule has 3 N–H and O–H groups in total. The second kappa shape index (κ2) is 6.87. The van der Waals surface area contributed by atoms with Crippen LogP contribution >= 0.6 is 23.2 Å². The molecule has 0 aliphatic heterocycles. The highest BCUT2D eigenvalue weighted by molar-refractivity contribution is 6.35. The molecule has 0 bridgehead atoms. The fraction of sp³-hybridized carbons (Fsp3) is 0.200. The molecule has 2 aromatic carbocycles. The summed E-state index contributed by atoms with van der Waals surface area (Å²) in [5, 5.41) is 4.04.